The van der Waals surface area contributed by atoms with Crippen LogP contribution in [0.3, 0.4) is 0 Å². The lowest BCUT2D eigenvalue weighted by molar-refractivity contribution is 0.0754. The molecule has 0 bridgehead atoms. The van der Waals surface area contributed by atoms with Crippen molar-refractivity contribution in [2.24, 2.45) is 5.92 Å². The largest absolute Gasteiger partial charge is 0.340 e. The Labute approximate surface area is 107 Å². The van der Waals surface area contributed by atoms with Gasteiger partial charge in [-0.1, -0.05) is 25.3 Å². The lowest BCUT2D eigenvalue weighted by Crippen LogP contribution is -2.33. The molecule has 0 unspecified atom stereocenters. The Bertz CT molecular complexity index is 461. The van der Waals surface area contributed by atoms with Gasteiger partial charge in [-0.05, 0) is 24.8 Å². The van der Waals surface area contributed by atoms with Gasteiger partial charge in [-0.2, -0.15) is 0 Å². The van der Waals surface area contributed by atoms with Crippen LogP contribution in [-0.4, -0.2) is 29.4 Å². The summed E-state index contributed by atoms with van der Waals surface area (Å²) in [5.41, 5.74) is 0.146. The molecule has 0 aliphatic heterocycles. The molecule has 1 amide bonds. The zero-order chi connectivity index (χ0) is 13.0. The van der Waals surface area contributed by atoms with Crippen LogP contribution >= 0.6 is 0 Å². The van der Waals surface area contributed by atoms with Crippen molar-refractivity contribution in [2.45, 2.75) is 32.1 Å². The van der Waals surface area contributed by atoms with E-state index in [4.69, 9.17) is 0 Å². The van der Waals surface area contributed by atoms with E-state index in [0.717, 1.165) is 6.54 Å². The summed E-state index contributed by atoms with van der Waals surface area (Å²) in [6, 6.07) is 4.68. The van der Waals surface area contributed by atoms with Gasteiger partial charge >= 0.3 is 0 Å². The van der Waals surface area contributed by atoms with Crippen LogP contribution in [0.5, 0.6) is 0 Å². The molecule has 0 atom stereocenters. The Kier molecular flexibility index (Phi) is 4.18. The van der Waals surface area contributed by atoms with Gasteiger partial charge in [0.2, 0.25) is 5.56 Å². The van der Waals surface area contributed by atoms with Crippen molar-refractivity contribution in [3.8, 4) is 0 Å². The molecule has 0 spiro atoms. The van der Waals surface area contributed by atoms with Crippen LogP contribution in [0.25, 0.3) is 0 Å². The molecule has 1 saturated carbocycles. The highest BCUT2D eigenvalue weighted by Crippen LogP contribution is 2.24. The van der Waals surface area contributed by atoms with Crippen LogP contribution in [-0.2, 0) is 0 Å². The standard InChI is InChI=1S/C14H20N2O2/c1-16(10-11-6-3-2-4-7-11)14(18)12-8-5-9-13(17)15-12/h5,8-9,11H,2-4,6-7,10H2,1H3,(H,15,17). The van der Waals surface area contributed by atoms with Gasteiger partial charge in [0.1, 0.15) is 5.69 Å². The van der Waals surface area contributed by atoms with E-state index in [-0.39, 0.29) is 11.5 Å². The number of pyridine rings is 1. The van der Waals surface area contributed by atoms with Crippen LogP contribution < -0.4 is 5.56 Å². The monoisotopic (exact) mass is 248 g/mol. The Morgan fingerprint density at radius 2 is 2.06 bits per heavy atom. The number of amides is 1. The predicted octanol–water partition coefficient (Wildman–Crippen LogP) is 2.03. The van der Waals surface area contributed by atoms with Crippen molar-refractivity contribution in [3.63, 3.8) is 0 Å². The number of H-pyrrole nitrogens is 1. The molecular weight excluding hydrogens is 228 g/mol. The summed E-state index contributed by atoms with van der Waals surface area (Å²) in [4.78, 5) is 27.6. The molecule has 98 valence electrons. The van der Waals surface area contributed by atoms with Crippen LogP contribution in [0.4, 0.5) is 0 Å². The quantitative estimate of drug-likeness (QED) is 0.889. The van der Waals surface area contributed by atoms with Gasteiger partial charge in [0, 0.05) is 19.7 Å². The summed E-state index contributed by atoms with van der Waals surface area (Å²) in [6.07, 6.45) is 6.29. The molecule has 0 saturated heterocycles. The molecule has 2 rings (SSSR count). The number of carbonyl (C=O) groups is 1. The van der Waals surface area contributed by atoms with Gasteiger partial charge in [-0.3, -0.25) is 9.59 Å². The molecule has 1 N–H and O–H groups in total. The number of nitrogens with zero attached hydrogens (tertiary/aromatic N) is 1. The van der Waals surface area contributed by atoms with E-state index in [2.05, 4.69) is 4.98 Å². The first kappa shape index (κ1) is 12.9. The number of aromatic amines is 1. The van der Waals surface area contributed by atoms with E-state index in [9.17, 15) is 9.59 Å². The second-order valence-corrected chi connectivity index (χ2v) is 5.12. The summed E-state index contributed by atoms with van der Waals surface area (Å²) in [7, 11) is 1.81. The maximum atomic E-state index is 12.1. The smallest absolute Gasteiger partial charge is 0.270 e. The molecule has 1 fully saturated rings. The van der Waals surface area contributed by atoms with E-state index >= 15 is 0 Å². The zero-order valence-electron chi connectivity index (χ0n) is 10.8. The van der Waals surface area contributed by atoms with Gasteiger partial charge in [0.25, 0.3) is 5.91 Å². The SMILES string of the molecule is CN(CC1CCCCC1)C(=O)c1cccc(=O)[nH]1. The van der Waals surface area contributed by atoms with Crippen molar-refractivity contribution in [3.05, 3.63) is 34.2 Å². The Balaban J connectivity index is 1.97. The summed E-state index contributed by atoms with van der Waals surface area (Å²) in [5, 5.41) is 0. The first-order chi connectivity index (χ1) is 8.66. The van der Waals surface area contributed by atoms with Gasteiger partial charge in [0.15, 0.2) is 0 Å². The summed E-state index contributed by atoms with van der Waals surface area (Å²) >= 11 is 0. The number of rotatable bonds is 3. The molecule has 1 aliphatic rings. The summed E-state index contributed by atoms with van der Waals surface area (Å²) in [5.74, 6) is 0.515. The average Bonchev–Trinajstić information content (AvgIpc) is 2.39. The van der Waals surface area contributed by atoms with Crippen molar-refractivity contribution in [2.75, 3.05) is 13.6 Å². The third-order valence-corrected chi connectivity index (χ3v) is 3.60. The molecule has 1 aromatic rings. The van der Waals surface area contributed by atoms with E-state index < -0.39 is 0 Å². The number of aromatic nitrogens is 1. The van der Waals surface area contributed by atoms with Crippen molar-refractivity contribution < 1.29 is 4.79 Å². The van der Waals surface area contributed by atoms with Gasteiger partial charge < -0.3 is 9.88 Å². The number of hydrogen-bond acceptors (Lipinski definition) is 2. The van der Waals surface area contributed by atoms with Gasteiger partial charge in [-0.15, -0.1) is 0 Å². The van der Waals surface area contributed by atoms with E-state index in [1.807, 2.05) is 7.05 Å². The highest BCUT2D eigenvalue weighted by atomic mass is 16.2. The molecule has 1 heterocycles. The van der Waals surface area contributed by atoms with Crippen LogP contribution in [0.2, 0.25) is 0 Å². The van der Waals surface area contributed by atoms with Gasteiger partial charge in [0.05, 0.1) is 0 Å². The summed E-state index contributed by atoms with van der Waals surface area (Å²) in [6.45, 7) is 0.787. The fourth-order valence-electron chi connectivity index (χ4n) is 2.62. The molecule has 1 aromatic heterocycles. The van der Waals surface area contributed by atoms with Gasteiger partial charge in [-0.25, -0.2) is 0 Å². The molecule has 4 nitrogen and oxygen atoms in total. The zero-order valence-corrected chi connectivity index (χ0v) is 10.8. The maximum Gasteiger partial charge on any atom is 0.270 e. The van der Waals surface area contributed by atoms with E-state index in [1.54, 1.807) is 17.0 Å². The molecule has 0 radical (unpaired) electrons. The minimum absolute atomic E-state index is 0.0988. The molecule has 0 aromatic carbocycles. The minimum Gasteiger partial charge on any atom is -0.340 e. The Morgan fingerprint density at radius 1 is 1.33 bits per heavy atom. The third-order valence-electron chi connectivity index (χ3n) is 3.60. The van der Waals surface area contributed by atoms with E-state index in [1.165, 1.54) is 38.2 Å². The van der Waals surface area contributed by atoms with Crippen molar-refractivity contribution >= 4 is 5.91 Å². The lowest BCUT2D eigenvalue weighted by atomic mass is 9.89. The Morgan fingerprint density at radius 3 is 2.72 bits per heavy atom. The highest BCUT2D eigenvalue weighted by molar-refractivity contribution is 5.92. The van der Waals surface area contributed by atoms with Crippen LogP contribution in [0.1, 0.15) is 42.6 Å². The summed E-state index contributed by atoms with van der Waals surface area (Å²) < 4.78 is 0. The molecule has 18 heavy (non-hydrogen) atoms. The van der Waals surface area contributed by atoms with Crippen molar-refractivity contribution in [1.82, 2.24) is 9.88 Å². The maximum absolute atomic E-state index is 12.1. The van der Waals surface area contributed by atoms with Crippen LogP contribution in [0, 0.1) is 5.92 Å². The number of nitrogens with one attached hydrogen (secondary N) is 1. The number of hydrogen-bond donors (Lipinski definition) is 1. The molecular formula is C14H20N2O2. The second-order valence-electron chi connectivity index (χ2n) is 5.12. The van der Waals surface area contributed by atoms with Crippen LogP contribution in [0.15, 0.2) is 23.0 Å². The molecule has 1 aliphatic carbocycles. The first-order valence-electron chi connectivity index (χ1n) is 6.61. The third kappa shape index (κ3) is 3.22. The topological polar surface area (TPSA) is 53.2 Å². The second kappa shape index (κ2) is 5.85. The Hall–Kier alpha value is -1.58. The fourth-order valence-corrected chi connectivity index (χ4v) is 2.62. The molecule has 4 heteroatoms. The minimum atomic E-state index is -0.230. The normalized spacial score (nSPS) is 16.5. The fraction of sp³-hybridized carbons (Fsp3) is 0.571. The number of carbonyl (C=O) groups excluding carboxylic acids is 1. The average molecular weight is 248 g/mol. The predicted molar refractivity (Wildman–Crippen MR) is 70.6 cm³/mol. The highest BCUT2D eigenvalue weighted by Gasteiger charge is 2.19. The van der Waals surface area contributed by atoms with Crippen molar-refractivity contribution in [1.29, 1.82) is 0 Å². The first-order valence-corrected chi connectivity index (χ1v) is 6.61. The lowest BCUT2D eigenvalue weighted by Gasteiger charge is -2.26. The van der Waals surface area contributed by atoms with E-state index in [0.29, 0.717) is 11.6 Å².